The van der Waals surface area contributed by atoms with Crippen LogP contribution in [0.5, 0.6) is 0 Å². The molecule has 0 atom stereocenters. The maximum absolute atomic E-state index is 13.6. The molecule has 0 aliphatic carbocycles. The molecule has 31 heavy (non-hydrogen) atoms. The Kier molecular flexibility index (Phi) is 6.27. The van der Waals surface area contributed by atoms with Crippen LogP contribution in [0.25, 0.3) is 5.57 Å². The van der Waals surface area contributed by atoms with E-state index in [1.807, 2.05) is 36.1 Å². The molecule has 0 radical (unpaired) electrons. The number of piperidine rings is 1. The van der Waals surface area contributed by atoms with E-state index in [1.54, 1.807) is 11.8 Å². The zero-order chi connectivity index (χ0) is 22.0. The Bertz CT molecular complexity index is 881. The second-order valence-corrected chi connectivity index (χ2v) is 8.09. The Balaban J connectivity index is 1.59. The molecular weight excluding hydrogens is 398 g/mol. The summed E-state index contributed by atoms with van der Waals surface area (Å²) in [6, 6.07) is 7.49. The van der Waals surface area contributed by atoms with Crippen LogP contribution in [0.2, 0.25) is 0 Å². The topological polar surface area (TPSA) is 79.4 Å². The standard InChI is InChI=1S/C23H29N3O5/c1-3-31-23(29)25-10-8-18(9-11-25)26-21(27)19(17-6-4-16(2)5-7-17)20(22(26)28)24-12-14-30-15-13-24/h4-7,18H,3,8-15H2,1-2H3. The molecular formula is C23H29N3O5. The van der Waals surface area contributed by atoms with Gasteiger partial charge in [0, 0.05) is 32.2 Å². The number of rotatable bonds is 4. The van der Waals surface area contributed by atoms with E-state index >= 15 is 0 Å². The number of morpholine rings is 1. The Morgan fingerprint density at radius 3 is 2.29 bits per heavy atom. The smallest absolute Gasteiger partial charge is 0.409 e. The van der Waals surface area contributed by atoms with Gasteiger partial charge in [0.05, 0.1) is 25.4 Å². The summed E-state index contributed by atoms with van der Waals surface area (Å²) in [7, 11) is 0. The van der Waals surface area contributed by atoms with E-state index in [0.29, 0.717) is 70.1 Å². The van der Waals surface area contributed by atoms with Gasteiger partial charge >= 0.3 is 6.09 Å². The van der Waals surface area contributed by atoms with Gasteiger partial charge in [0.1, 0.15) is 5.70 Å². The highest BCUT2D eigenvalue weighted by Crippen LogP contribution is 2.35. The summed E-state index contributed by atoms with van der Waals surface area (Å²) < 4.78 is 10.5. The van der Waals surface area contributed by atoms with Gasteiger partial charge in [0.2, 0.25) is 0 Å². The minimum absolute atomic E-state index is 0.232. The van der Waals surface area contributed by atoms with Gasteiger partial charge < -0.3 is 19.3 Å². The van der Waals surface area contributed by atoms with Crippen molar-refractivity contribution in [3.63, 3.8) is 0 Å². The summed E-state index contributed by atoms with van der Waals surface area (Å²) in [5, 5.41) is 0. The van der Waals surface area contributed by atoms with Gasteiger partial charge in [-0.25, -0.2) is 4.79 Å². The van der Waals surface area contributed by atoms with E-state index in [-0.39, 0.29) is 23.9 Å². The monoisotopic (exact) mass is 427 g/mol. The second kappa shape index (κ2) is 9.09. The number of imide groups is 1. The van der Waals surface area contributed by atoms with Gasteiger partial charge in [0.25, 0.3) is 11.8 Å². The number of benzene rings is 1. The first-order valence-electron chi connectivity index (χ1n) is 10.9. The molecule has 8 heteroatoms. The highest BCUT2D eigenvalue weighted by Gasteiger charge is 2.45. The third kappa shape index (κ3) is 4.17. The molecule has 0 spiro atoms. The van der Waals surface area contributed by atoms with E-state index in [2.05, 4.69) is 0 Å². The maximum Gasteiger partial charge on any atom is 0.409 e. The predicted octanol–water partition coefficient (Wildman–Crippen LogP) is 2.03. The van der Waals surface area contributed by atoms with Crippen LogP contribution < -0.4 is 0 Å². The summed E-state index contributed by atoms with van der Waals surface area (Å²) >= 11 is 0. The van der Waals surface area contributed by atoms with Gasteiger partial charge in [-0.3, -0.25) is 14.5 Å². The lowest BCUT2D eigenvalue weighted by molar-refractivity contribution is -0.141. The van der Waals surface area contributed by atoms with Crippen molar-refractivity contribution in [2.24, 2.45) is 0 Å². The van der Waals surface area contributed by atoms with Gasteiger partial charge in [0.15, 0.2) is 0 Å². The number of hydrogen-bond donors (Lipinski definition) is 0. The fourth-order valence-corrected chi connectivity index (χ4v) is 4.45. The molecule has 3 amide bonds. The maximum atomic E-state index is 13.6. The van der Waals surface area contributed by atoms with Gasteiger partial charge in [-0.1, -0.05) is 29.8 Å². The van der Waals surface area contributed by atoms with Crippen LogP contribution in [0, 0.1) is 6.92 Å². The van der Waals surface area contributed by atoms with Crippen LogP contribution in [0.3, 0.4) is 0 Å². The molecule has 1 aromatic rings. The third-order valence-electron chi connectivity index (χ3n) is 6.11. The molecule has 0 N–H and O–H groups in total. The molecule has 3 aliphatic rings. The molecule has 3 heterocycles. The molecule has 166 valence electrons. The Morgan fingerprint density at radius 1 is 1.03 bits per heavy atom. The molecule has 2 fully saturated rings. The summed E-state index contributed by atoms with van der Waals surface area (Å²) in [5.41, 5.74) is 2.80. The predicted molar refractivity (Wildman–Crippen MR) is 114 cm³/mol. The molecule has 2 saturated heterocycles. The first-order valence-corrected chi connectivity index (χ1v) is 10.9. The minimum atomic E-state index is -0.340. The first-order chi connectivity index (χ1) is 15.0. The van der Waals surface area contributed by atoms with Crippen LogP contribution in [0.1, 0.15) is 30.9 Å². The summed E-state index contributed by atoms with van der Waals surface area (Å²) in [6.07, 6.45) is 0.759. The van der Waals surface area contributed by atoms with Gasteiger partial charge in [-0.15, -0.1) is 0 Å². The number of ether oxygens (including phenoxy) is 2. The number of aryl methyl sites for hydroxylation is 1. The van der Waals surface area contributed by atoms with Crippen LogP contribution in [0.4, 0.5) is 4.79 Å². The Hall–Kier alpha value is -2.87. The molecule has 0 aromatic heterocycles. The molecule has 8 nitrogen and oxygen atoms in total. The average Bonchev–Trinajstić information content (AvgIpc) is 3.05. The van der Waals surface area contributed by atoms with E-state index in [0.717, 1.165) is 11.1 Å². The zero-order valence-corrected chi connectivity index (χ0v) is 18.1. The lowest BCUT2D eigenvalue weighted by Gasteiger charge is -2.36. The van der Waals surface area contributed by atoms with Crippen LogP contribution in [-0.2, 0) is 19.1 Å². The molecule has 0 bridgehead atoms. The van der Waals surface area contributed by atoms with Crippen LogP contribution in [-0.4, -0.2) is 84.6 Å². The molecule has 4 rings (SSSR count). The molecule has 0 saturated carbocycles. The van der Waals surface area contributed by atoms with Crippen LogP contribution >= 0.6 is 0 Å². The quantitative estimate of drug-likeness (QED) is 0.684. The van der Waals surface area contributed by atoms with Crippen molar-refractivity contribution in [1.29, 1.82) is 0 Å². The van der Waals surface area contributed by atoms with Crippen molar-refractivity contribution in [1.82, 2.24) is 14.7 Å². The third-order valence-corrected chi connectivity index (χ3v) is 6.11. The zero-order valence-electron chi connectivity index (χ0n) is 18.1. The van der Waals surface area contributed by atoms with Crippen molar-refractivity contribution >= 4 is 23.5 Å². The van der Waals surface area contributed by atoms with Crippen molar-refractivity contribution in [3.05, 3.63) is 41.1 Å². The fourth-order valence-electron chi connectivity index (χ4n) is 4.45. The average molecular weight is 428 g/mol. The first kappa shape index (κ1) is 21.4. The minimum Gasteiger partial charge on any atom is -0.450 e. The molecule has 3 aliphatic heterocycles. The Morgan fingerprint density at radius 2 is 1.68 bits per heavy atom. The highest BCUT2D eigenvalue weighted by molar-refractivity contribution is 6.35. The van der Waals surface area contributed by atoms with Crippen molar-refractivity contribution in [3.8, 4) is 0 Å². The summed E-state index contributed by atoms with van der Waals surface area (Å²) in [6.45, 7) is 7.26. The normalized spacial score (nSPS) is 20.6. The van der Waals surface area contributed by atoms with Crippen molar-refractivity contribution in [2.45, 2.75) is 32.7 Å². The SMILES string of the molecule is CCOC(=O)N1CCC(N2C(=O)C(c3ccc(C)cc3)=C(N3CCOCC3)C2=O)CC1. The molecule has 0 unspecified atom stereocenters. The van der Waals surface area contributed by atoms with E-state index in [1.165, 1.54) is 4.90 Å². The largest absolute Gasteiger partial charge is 0.450 e. The highest BCUT2D eigenvalue weighted by atomic mass is 16.6. The van der Waals surface area contributed by atoms with E-state index < -0.39 is 0 Å². The second-order valence-electron chi connectivity index (χ2n) is 8.09. The van der Waals surface area contributed by atoms with Crippen LogP contribution in [0.15, 0.2) is 30.0 Å². The van der Waals surface area contributed by atoms with Crippen molar-refractivity contribution < 1.29 is 23.9 Å². The number of carbonyl (C=O) groups excluding carboxylic acids is 3. The molecule has 1 aromatic carbocycles. The van der Waals surface area contributed by atoms with Gasteiger partial charge in [-0.2, -0.15) is 0 Å². The fraction of sp³-hybridized carbons (Fsp3) is 0.522. The van der Waals surface area contributed by atoms with E-state index in [4.69, 9.17) is 9.47 Å². The van der Waals surface area contributed by atoms with Gasteiger partial charge in [-0.05, 0) is 32.3 Å². The number of likely N-dealkylation sites (tertiary alicyclic amines) is 1. The Labute approximate surface area is 182 Å². The van der Waals surface area contributed by atoms with Crippen molar-refractivity contribution in [2.75, 3.05) is 46.0 Å². The van der Waals surface area contributed by atoms with E-state index in [9.17, 15) is 14.4 Å². The number of amides is 3. The number of carbonyl (C=O) groups is 3. The summed E-state index contributed by atoms with van der Waals surface area (Å²) in [4.78, 5) is 44.1. The summed E-state index contributed by atoms with van der Waals surface area (Å²) in [5.74, 6) is -0.484. The number of hydrogen-bond acceptors (Lipinski definition) is 6. The lowest BCUT2D eigenvalue weighted by Crippen LogP contribution is -2.50. The number of nitrogens with zero attached hydrogens (tertiary/aromatic N) is 3. The lowest BCUT2D eigenvalue weighted by atomic mass is 10.0.